The van der Waals surface area contributed by atoms with Gasteiger partial charge in [0.1, 0.15) is 15.8 Å². The molecule has 2 aromatic heterocycles. The highest BCUT2D eigenvalue weighted by Crippen LogP contribution is 2.41. The van der Waals surface area contributed by atoms with Crippen LogP contribution in [-0.2, 0) is 11.2 Å². The minimum absolute atomic E-state index is 0.0744. The third-order valence-electron chi connectivity index (χ3n) is 5.90. The Kier molecular flexibility index (Phi) is 4.54. The summed E-state index contributed by atoms with van der Waals surface area (Å²) in [5.74, 6) is 1.88. The maximum atomic E-state index is 12.7. The Morgan fingerprint density at radius 3 is 3.03 bits per heavy atom. The third kappa shape index (κ3) is 3.62. The van der Waals surface area contributed by atoms with Crippen molar-refractivity contribution in [2.45, 2.75) is 26.2 Å². The fraction of sp³-hybridized carbons (Fsp3) is 0.364. The molecule has 2 aromatic rings. The standard InChI is InChI=1S/C22H23N5OS/c1-13-3-5-16-7-15(10-23-21(16)24-13)4-6-20(28)27-11-18-8-17(9-19(18)12-27)22-26-25-14(2)29-22/h4,6-8,10,18-19H,1,3,5,9,11-12H2,2H3,(H,23,24)/b6-4+. The molecule has 0 saturated carbocycles. The molecule has 2 atom stereocenters. The van der Waals surface area contributed by atoms with Crippen LogP contribution in [-0.4, -0.2) is 39.1 Å². The second-order valence-electron chi connectivity index (χ2n) is 8.03. The summed E-state index contributed by atoms with van der Waals surface area (Å²) in [4.78, 5) is 19.1. The molecule has 0 spiro atoms. The molecule has 6 nitrogen and oxygen atoms in total. The Morgan fingerprint density at radius 1 is 1.34 bits per heavy atom. The van der Waals surface area contributed by atoms with Crippen molar-refractivity contribution in [2.75, 3.05) is 18.4 Å². The van der Waals surface area contributed by atoms with Crippen LogP contribution in [0.5, 0.6) is 0 Å². The van der Waals surface area contributed by atoms with Crippen molar-refractivity contribution in [3.63, 3.8) is 0 Å². The summed E-state index contributed by atoms with van der Waals surface area (Å²) >= 11 is 1.65. The number of likely N-dealkylation sites (tertiary alicyclic amines) is 1. The van der Waals surface area contributed by atoms with Gasteiger partial charge >= 0.3 is 0 Å². The van der Waals surface area contributed by atoms with Crippen LogP contribution < -0.4 is 5.32 Å². The third-order valence-corrected chi connectivity index (χ3v) is 6.81. The number of nitrogens with one attached hydrogen (secondary N) is 1. The van der Waals surface area contributed by atoms with Crippen LogP contribution in [0.2, 0.25) is 0 Å². The summed E-state index contributed by atoms with van der Waals surface area (Å²) in [6, 6.07) is 2.10. The van der Waals surface area contributed by atoms with Crippen molar-refractivity contribution in [3.05, 3.63) is 57.8 Å². The summed E-state index contributed by atoms with van der Waals surface area (Å²) in [7, 11) is 0. The quantitative estimate of drug-likeness (QED) is 0.789. The van der Waals surface area contributed by atoms with Gasteiger partial charge in [-0.15, -0.1) is 10.2 Å². The lowest BCUT2D eigenvalue weighted by molar-refractivity contribution is -0.125. The zero-order valence-electron chi connectivity index (χ0n) is 16.4. The maximum Gasteiger partial charge on any atom is 0.246 e. The molecule has 1 N–H and O–H groups in total. The van der Waals surface area contributed by atoms with E-state index in [1.807, 2.05) is 17.9 Å². The van der Waals surface area contributed by atoms with E-state index >= 15 is 0 Å². The highest BCUT2D eigenvalue weighted by Gasteiger charge is 2.38. The summed E-state index contributed by atoms with van der Waals surface area (Å²) in [6.45, 7) is 7.53. The molecule has 29 heavy (non-hydrogen) atoms. The lowest BCUT2D eigenvalue weighted by atomic mass is 10.00. The van der Waals surface area contributed by atoms with Gasteiger partial charge in [0.25, 0.3) is 0 Å². The fourth-order valence-corrected chi connectivity index (χ4v) is 5.11. The first-order valence-corrected chi connectivity index (χ1v) is 10.8. The van der Waals surface area contributed by atoms with Crippen molar-refractivity contribution in [3.8, 4) is 0 Å². The van der Waals surface area contributed by atoms with Gasteiger partial charge in [0.15, 0.2) is 0 Å². The molecule has 148 valence electrons. The highest BCUT2D eigenvalue weighted by atomic mass is 32.1. The van der Waals surface area contributed by atoms with E-state index in [2.05, 4.69) is 39.2 Å². The van der Waals surface area contributed by atoms with Crippen LogP contribution in [0, 0.1) is 18.8 Å². The van der Waals surface area contributed by atoms with E-state index in [1.165, 1.54) is 11.1 Å². The number of carbonyl (C=O) groups is 1. The van der Waals surface area contributed by atoms with Crippen LogP contribution >= 0.6 is 11.3 Å². The van der Waals surface area contributed by atoms with Gasteiger partial charge in [-0.3, -0.25) is 4.79 Å². The second kappa shape index (κ2) is 7.22. The number of carbonyl (C=O) groups excluding carboxylic acids is 1. The minimum atomic E-state index is 0.0744. The van der Waals surface area contributed by atoms with Crippen molar-refractivity contribution in [1.82, 2.24) is 20.1 Å². The van der Waals surface area contributed by atoms with E-state index in [0.29, 0.717) is 11.8 Å². The molecule has 2 unspecified atom stereocenters. The van der Waals surface area contributed by atoms with Gasteiger partial charge in [0, 0.05) is 31.1 Å². The van der Waals surface area contributed by atoms with E-state index in [1.54, 1.807) is 23.6 Å². The topological polar surface area (TPSA) is 71.0 Å². The minimum Gasteiger partial charge on any atom is -0.344 e. The van der Waals surface area contributed by atoms with Gasteiger partial charge in [0.2, 0.25) is 5.91 Å². The normalized spacial score (nSPS) is 23.1. The Hall–Kier alpha value is -2.80. The van der Waals surface area contributed by atoms with Crippen molar-refractivity contribution in [2.24, 2.45) is 11.8 Å². The number of hydrogen-bond donors (Lipinski definition) is 1. The number of anilines is 1. The molecule has 0 aromatic carbocycles. The van der Waals surface area contributed by atoms with Gasteiger partial charge in [-0.1, -0.05) is 24.0 Å². The molecule has 4 heterocycles. The summed E-state index contributed by atoms with van der Waals surface area (Å²) in [5, 5.41) is 13.6. The van der Waals surface area contributed by atoms with E-state index in [0.717, 1.165) is 59.4 Å². The average Bonchev–Trinajstić information content (AvgIpc) is 3.40. The number of amides is 1. The molecule has 2 aliphatic heterocycles. The maximum absolute atomic E-state index is 12.7. The number of rotatable bonds is 3. The molecule has 7 heteroatoms. The molecule has 1 fully saturated rings. The van der Waals surface area contributed by atoms with Gasteiger partial charge in [-0.2, -0.15) is 0 Å². The van der Waals surface area contributed by atoms with Crippen LogP contribution in [0.3, 0.4) is 0 Å². The molecular formula is C22H23N5OS. The van der Waals surface area contributed by atoms with E-state index < -0.39 is 0 Å². The fourth-order valence-electron chi connectivity index (χ4n) is 4.39. The zero-order valence-corrected chi connectivity index (χ0v) is 17.2. The molecule has 1 aliphatic carbocycles. The van der Waals surface area contributed by atoms with Gasteiger partial charge in [-0.05, 0) is 66.9 Å². The van der Waals surface area contributed by atoms with Gasteiger partial charge in [-0.25, -0.2) is 4.98 Å². The average molecular weight is 406 g/mol. The summed E-state index contributed by atoms with van der Waals surface area (Å²) in [5.41, 5.74) is 4.43. The molecule has 3 aliphatic rings. The highest BCUT2D eigenvalue weighted by molar-refractivity contribution is 7.12. The molecule has 5 rings (SSSR count). The number of fused-ring (bicyclic) bond motifs is 2. The van der Waals surface area contributed by atoms with Gasteiger partial charge in [0.05, 0.1) is 0 Å². The first-order chi connectivity index (χ1) is 14.0. The van der Waals surface area contributed by atoms with Crippen LogP contribution in [0.25, 0.3) is 11.6 Å². The first-order valence-electron chi connectivity index (χ1n) is 9.97. The van der Waals surface area contributed by atoms with Crippen LogP contribution in [0.15, 0.2) is 36.7 Å². The van der Waals surface area contributed by atoms with Crippen LogP contribution in [0.4, 0.5) is 5.82 Å². The van der Waals surface area contributed by atoms with E-state index in [-0.39, 0.29) is 5.91 Å². The van der Waals surface area contributed by atoms with Crippen molar-refractivity contribution < 1.29 is 4.79 Å². The number of aromatic nitrogens is 3. The number of hydrogen-bond acceptors (Lipinski definition) is 6. The number of aryl methyl sites for hydroxylation is 2. The first kappa shape index (κ1) is 18.2. The second-order valence-corrected chi connectivity index (χ2v) is 9.21. The molecule has 0 radical (unpaired) electrons. The molecular weight excluding hydrogens is 382 g/mol. The zero-order chi connectivity index (χ0) is 20.0. The lowest BCUT2D eigenvalue weighted by Gasteiger charge is -2.19. The molecule has 1 saturated heterocycles. The monoisotopic (exact) mass is 405 g/mol. The summed E-state index contributed by atoms with van der Waals surface area (Å²) < 4.78 is 0. The molecule has 1 amide bonds. The Morgan fingerprint density at radius 2 is 2.24 bits per heavy atom. The van der Waals surface area contributed by atoms with E-state index in [4.69, 9.17) is 0 Å². The van der Waals surface area contributed by atoms with Crippen molar-refractivity contribution >= 4 is 34.7 Å². The van der Waals surface area contributed by atoms with Gasteiger partial charge < -0.3 is 10.2 Å². The number of allylic oxidation sites excluding steroid dienone is 2. The SMILES string of the molecule is C=C1CCc2cc(/C=C/C(=O)N3CC4C=C(c5nnc(C)s5)CC4C3)cnc2N1. The smallest absolute Gasteiger partial charge is 0.246 e. The summed E-state index contributed by atoms with van der Waals surface area (Å²) in [6.07, 6.45) is 10.5. The Balaban J connectivity index is 1.23. The predicted molar refractivity (Wildman–Crippen MR) is 115 cm³/mol. The predicted octanol–water partition coefficient (Wildman–Crippen LogP) is 3.69. The number of pyridine rings is 1. The molecule has 0 bridgehead atoms. The largest absolute Gasteiger partial charge is 0.344 e. The Labute approximate surface area is 174 Å². The lowest BCUT2D eigenvalue weighted by Crippen LogP contribution is -2.27. The number of nitrogens with zero attached hydrogens (tertiary/aromatic N) is 4. The van der Waals surface area contributed by atoms with Crippen LogP contribution in [0.1, 0.15) is 34.0 Å². The van der Waals surface area contributed by atoms with E-state index in [9.17, 15) is 4.79 Å². The van der Waals surface area contributed by atoms with Crippen molar-refractivity contribution in [1.29, 1.82) is 0 Å². The Bertz CT molecular complexity index is 1050.